The molecular weight excluding hydrogens is 224 g/mol. The van der Waals surface area contributed by atoms with Gasteiger partial charge in [0.2, 0.25) is 0 Å². The molecule has 1 heteroatoms. The van der Waals surface area contributed by atoms with Crippen LogP contribution in [0.1, 0.15) is 52.4 Å². The zero-order chi connectivity index (χ0) is 9.26. The predicted octanol–water partition coefficient (Wildman–Crippen LogP) is 4.51. The topological polar surface area (TPSA) is 0 Å². The second-order valence-electron chi connectivity index (χ2n) is 5.26. The van der Waals surface area contributed by atoms with Crippen molar-refractivity contribution in [3.63, 3.8) is 0 Å². The molecule has 4 unspecified atom stereocenters. The summed E-state index contributed by atoms with van der Waals surface area (Å²) in [7, 11) is 0. The Hall–Kier alpha value is 0.519. The molecule has 0 saturated heterocycles. The maximum absolute atomic E-state index is 2.57. The van der Waals surface area contributed by atoms with Crippen LogP contribution in [0.4, 0.5) is 0 Å². The fraction of sp³-hybridized carbons (Fsp3) is 0.857. The first-order valence-electron chi connectivity index (χ1n) is 6.12. The summed E-state index contributed by atoms with van der Waals surface area (Å²) in [5.41, 5.74) is 0. The Morgan fingerprint density at radius 3 is 2.13 bits per heavy atom. The van der Waals surface area contributed by atoms with Crippen LogP contribution in [-0.4, -0.2) is 0 Å². The van der Waals surface area contributed by atoms with E-state index >= 15 is 0 Å². The molecule has 2 aliphatic rings. The molecular formula is C14H26Fe. The molecule has 4 atom stereocenters. The van der Waals surface area contributed by atoms with Gasteiger partial charge in [-0.05, 0) is 11.8 Å². The SMILES string of the molecule is CC1[CH-]CCCC1C1CCCC1C.[CH3-].[Fe+2]. The van der Waals surface area contributed by atoms with E-state index in [1.54, 1.807) is 0 Å². The van der Waals surface area contributed by atoms with E-state index in [4.69, 9.17) is 0 Å². The standard InChI is InChI=1S/C13H23.CH3.Fe/c1-10-6-3-4-8-12(10)13-9-5-7-11(13)2;;/h6,10-13H,3-5,7-9H2,1-2H3;1H3;/q2*-1;+2. The summed E-state index contributed by atoms with van der Waals surface area (Å²) >= 11 is 0. The predicted molar refractivity (Wildman–Crippen MR) is 63.7 cm³/mol. The number of hydrogen-bond acceptors (Lipinski definition) is 0. The van der Waals surface area contributed by atoms with Gasteiger partial charge in [0.05, 0.1) is 0 Å². The van der Waals surface area contributed by atoms with Crippen molar-refractivity contribution in [1.29, 1.82) is 0 Å². The number of hydrogen-bond donors (Lipinski definition) is 0. The van der Waals surface area contributed by atoms with Crippen LogP contribution in [0.5, 0.6) is 0 Å². The molecule has 0 bridgehead atoms. The van der Waals surface area contributed by atoms with Gasteiger partial charge >= 0.3 is 17.1 Å². The minimum Gasteiger partial charge on any atom is -0.358 e. The zero-order valence-electron chi connectivity index (χ0n) is 10.5. The van der Waals surface area contributed by atoms with Crippen LogP contribution in [0.3, 0.4) is 0 Å². The molecule has 0 amide bonds. The Kier molecular flexibility index (Phi) is 7.21. The first-order chi connectivity index (χ1) is 6.29. The van der Waals surface area contributed by atoms with Gasteiger partial charge in [-0.15, -0.1) is 0 Å². The minimum absolute atomic E-state index is 0. The summed E-state index contributed by atoms with van der Waals surface area (Å²) in [6.45, 7) is 4.91. The van der Waals surface area contributed by atoms with Crippen LogP contribution in [0.2, 0.25) is 0 Å². The van der Waals surface area contributed by atoms with Crippen molar-refractivity contribution < 1.29 is 17.1 Å². The molecule has 0 radical (unpaired) electrons. The van der Waals surface area contributed by atoms with Crippen LogP contribution >= 0.6 is 0 Å². The van der Waals surface area contributed by atoms with E-state index in [9.17, 15) is 0 Å². The molecule has 2 aliphatic carbocycles. The Balaban J connectivity index is 0.000000980. The van der Waals surface area contributed by atoms with E-state index in [0.29, 0.717) is 0 Å². The van der Waals surface area contributed by atoms with Gasteiger partial charge in [0.25, 0.3) is 0 Å². The summed E-state index contributed by atoms with van der Waals surface area (Å²) in [4.78, 5) is 0. The van der Waals surface area contributed by atoms with Gasteiger partial charge in [-0.2, -0.15) is 12.3 Å². The van der Waals surface area contributed by atoms with E-state index in [1.165, 1.54) is 38.5 Å². The minimum atomic E-state index is 0. The van der Waals surface area contributed by atoms with Crippen LogP contribution in [-0.2, 0) is 17.1 Å². The zero-order valence-corrected chi connectivity index (χ0v) is 11.6. The fourth-order valence-corrected chi connectivity index (χ4v) is 3.59. The van der Waals surface area contributed by atoms with Crippen molar-refractivity contribution in [2.75, 3.05) is 0 Å². The van der Waals surface area contributed by atoms with E-state index in [-0.39, 0.29) is 24.5 Å². The molecule has 0 aromatic heterocycles. The van der Waals surface area contributed by atoms with Gasteiger partial charge in [0.15, 0.2) is 0 Å². The summed E-state index contributed by atoms with van der Waals surface area (Å²) < 4.78 is 0. The summed E-state index contributed by atoms with van der Waals surface area (Å²) in [5.74, 6) is 4.01. The van der Waals surface area contributed by atoms with Crippen molar-refractivity contribution in [1.82, 2.24) is 0 Å². The van der Waals surface area contributed by atoms with Crippen LogP contribution in [0.15, 0.2) is 0 Å². The maximum Gasteiger partial charge on any atom is 2.00 e. The van der Waals surface area contributed by atoms with Crippen molar-refractivity contribution in [3.05, 3.63) is 13.8 Å². The molecule has 90 valence electrons. The second kappa shape index (κ2) is 6.97. The first kappa shape index (κ1) is 15.5. The molecule has 2 fully saturated rings. The molecule has 0 heterocycles. The normalized spacial score (nSPS) is 40.4. The van der Waals surface area contributed by atoms with Crippen molar-refractivity contribution in [2.45, 2.75) is 52.4 Å². The summed E-state index contributed by atoms with van der Waals surface area (Å²) in [5, 5.41) is 0. The molecule has 15 heavy (non-hydrogen) atoms. The van der Waals surface area contributed by atoms with Gasteiger partial charge in [0.1, 0.15) is 0 Å². The van der Waals surface area contributed by atoms with Crippen molar-refractivity contribution in [3.8, 4) is 0 Å². The van der Waals surface area contributed by atoms with Crippen LogP contribution < -0.4 is 0 Å². The molecule has 0 aliphatic heterocycles. The molecule has 2 rings (SSSR count). The second-order valence-corrected chi connectivity index (χ2v) is 5.26. The van der Waals surface area contributed by atoms with E-state index in [2.05, 4.69) is 20.3 Å². The quantitative estimate of drug-likeness (QED) is 0.474. The van der Waals surface area contributed by atoms with Gasteiger partial charge in [-0.1, -0.05) is 51.9 Å². The van der Waals surface area contributed by atoms with E-state index in [0.717, 1.165) is 23.7 Å². The first-order valence-corrected chi connectivity index (χ1v) is 6.12. The van der Waals surface area contributed by atoms with E-state index < -0.39 is 0 Å². The Labute approximate surface area is 107 Å². The maximum atomic E-state index is 2.57. The molecule has 0 aromatic rings. The van der Waals surface area contributed by atoms with Gasteiger partial charge < -0.3 is 13.8 Å². The number of rotatable bonds is 1. The largest absolute Gasteiger partial charge is 2.00 e. The van der Waals surface area contributed by atoms with E-state index in [1.807, 2.05) is 0 Å². The Morgan fingerprint density at radius 1 is 0.933 bits per heavy atom. The summed E-state index contributed by atoms with van der Waals surface area (Å²) in [6.07, 6.45) is 11.4. The third-order valence-corrected chi connectivity index (χ3v) is 4.43. The monoisotopic (exact) mass is 250 g/mol. The third-order valence-electron chi connectivity index (χ3n) is 4.43. The van der Waals surface area contributed by atoms with Gasteiger partial charge in [-0.25, -0.2) is 0 Å². The molecule has 0 spiro atoms. The van der Waals surface area contributed by atoms with Gasteiger partial charge in [-0.3, -0.25) is 0 Å². The van der Waals surface area contributed by atoms with Gasteiger partial charge in [0, 0.05) is 0 Å². The smallest absolute Gasteiger partial charge is 0.358 e. The average Bonchev–Trinajstić information content (AvgIpc) is 2.52. The van der Waals surface area contributed by atoms with Crippen molar-refractivity contribution in [2.24, 2.45) is 23.7 Å². The molecule has 0 aromatic carbocycles. The molecule has 0 N–H and O–H groups in total. The molecule has 2 saturated carbocycles. The average molecular weight is 250 g/mol. The van der Waals surface area contributed by atoms with Crippen LogP contribution in [0, 0.1) is 37.5 Å². The third kappa shape index (κ3) is 3.49. The Bertz CT molecular complexity index is 167. The fourth-order valence-electron chi connectivity index (χ4n) is 3.59. The Morgan fingerprint density at radius 2 is 1.60 bits per heavy atom. The van der Waals surface area contributed by atoms with Crippen molar-refractivity contribution >= 4 is 0 Å². The van der Waals surface area contributed by atoms with Crippen LogP contribution in [0.25, 0.3) is 0 Å². The summed E-state index contributed by atoms with van der Waals surface area (Å²) in [6, 6.07) is 0. The molecule has 0 nitrogen and oxygen atoms in total.